The SMILES string of the molecule is CC1(C)OB(c2cccc3c2CCC3OF)OC1(C)C. The summed E-state index contributed by atoms with van der Waals surface area (Å²) >= 11 is 0. The molecule has 1 heterocycles. The third-order valence-corrected chi connectivity index (χ3v) is 4.87. The van der Waals surface area contributed by atoms with Gasteiger partial charge in [-0.15, -0.1) is 0 Å². The lowest BCUT2D eigenvalue weighted by atomic mass is 9.75. The Morgan fingerprint density at radius 1 is 1.20 bits per heavy atom. The Kier molecular flexibility index (Phi) is 3.20. The zero-order valence-corrected chi connectivity index (χ0v) is 12.4. The van der Waals surface area contributed by atoms with Gasteiger partial charge in [-0.25, -0.2) is 0 Å². The largest absolute Gasteiger partial charge is 0.495 e. The summed E-state index contributed by atoms with van der Waals surface area (Å²) in [5.74, 6) is 0. The number of fused-ring (bicyclic) bond motifs is 1. The Hall–Kier alpha value is -0.905. The summed E-state index contributed by atoms with van der Waals surface area (Å²) < 4.78 is 24.7. The van der Waals surface area contributed by atoms with E-state index in [4.69, 9.17) is 9.31 Å². The summed E-state index contributed by atoms with van der Waals surface area (Å²) in [5, 5.41) is 0. The van der Waals surface area contributed by atoms with Crippen molar-refractivity contribution in [1.82, 2.24) is 0 Å². The topological polar surface area (TPSA) is 27.7 Å². The van der Waals surface area contributed by atoms with Gasteiger partial charge in [0, 0.05) is 0 Å². The molecule has 108 valence electrons. The van der Waals surface area contributed by atoms with Crippen LogP contribution in [0.5, 0.6) is 0 Å². The van der Waals surface area contributed by atoms with Crippen molar-refractivity contribution in [3.05, 3.63) is 29.3 Å². The van der Waals surface area contributed by atoms with E-state index in [-0.39, 0.29) is 11.2 Å². The van der Waals surface area contributed by atoms with E-state index in [9.17, 15) is 4.53 Å². The molecule has 0 amide bonds. The molecule has 1 saturated heterocycles. The van der Waals surface area contributed by atoms with Gasteiger partial charge in [0.15, 0.2) is 0 Å². The fraction of sp³-hybridized carbons (Fsp3) is 0.600. The maximum absolute atomic E-state index is 12.6. The first kappa shape index (κ1) is 14.0. The summed E-state index contributed by atoms with van der Waals surface area (Å²) in [5.41, 5.74) is 2.29. The van der Waals surface area contributed by atoms with Crippen LogP contribution in [0.1, 0.15) is 51.3 Å². The minimum atomic E-state index is -0.452. The van der Waals surface area contributed by atoms with Crippen molar-refractivity contribution in [2.45, 2.75) is 57.8 Å². The average Bonchev–Trinajstić information content (AvgIpc) is 2.88. The van der Waals surface area contributed by atoms with Crippen LogP contribution >= 0.6 is 0 Å². The number of rotatable bonds is 2. The van der Waals surface area contributed by atoms with Crippen molar-refractivity contribution in [3.63, 3.8) is 0 Å². The molecule has 1 unspecified atom stereocenters. The Bertz CT molecular complexity index is 514. The fourth-order valence-corrected chi connectivity index (χ4v) is 2.93. The fourth-order valence-electron chi connectivity index (χ4n) is 2.93. The number of hydrogen-bond acceptors (Lipinski definition) is 3. The highest BCUT2D eigenvalue weighted by Crippen LogP contribution is 2.38. The molecule has 1 atom stereocenters. The standard InChI is InChI=1S/C15H20BFO3/c1-14(2)15(3,4)20-16(19-14)12-7-5-6-11-10(12)8-9-13(11)18-17/h5-7,13H,8-9H2,1-4H3. The lowest BCUT2D eigenvalue weighted by Crippen LogP contribution is -2.41. The van der Waals surface area contributed by atoms with E-state index in [2.05, 4.69) is 4.94 Å². The maximum Gasteiger partial charge on any atom is 0.495 e. The van der Waals surface area contributed by atoms with Crippen LogP contribution < -0.4 is 5.46 Å². The van der Waals surface area contributed by atoms with E-state index in [0.29, 0.717) is 6.42 Å². The number of hydrogen-bond donors (Lipinski definition) is 0. The van der Waals surface area contributed by atoms with Gasteiger partial charge in [-0.3, -0.25) is 0 Å². The maximum atomic E-state index is 12.6. The molecule has 1 aliphatic carbocycles. The second-order valence-electron chi connectivity index (χ2n) is 6.62. The molecule has 0 bridgehead atoms. The number of halogens is 1. The highest BCUT2D eigenvalue weighted by molar-refractivity contribution is 6.62. The highest BCUT2D eigenvalue weighted by Gasteiger charge is 2.52. The molecule has 1 fully saturated rings. The van der Waals surface area contributed by atoms with Gasteiger partial charge in [-0.05, 0) is 61.7 Å². The normalized spacial score (nSPS) is 26.9. The Labute approximate surface area is 119 Å². The van der Waals surface area contributed by atoms with Gasteiger partial charge in [0.1, 0.15) is 6.10 Å². The molecule has 3 rings (SSSR count). The third-order valence-electron chi connectivity index (χ3n) is 4.87. The molecule has 5 heteroatoms. The van der Waals surface area contributed by atoms with Crippen LogP contribution in [-0.2, 0) is 20.7 Å². The Morgan fingerprint density at radius 3 is 2.45 bits per heavy atom. The predicted molar refractivity (Wildman–Crippen MR) is 75.4 cm³/mol. The summed E-state index contributed by atoms with van der Waals surface area (Å²) in [7, 11) is -0.395. The van der Waals surface area contributed by atoms with Gasteiger partial charge in [0.2, 0.25) is 0 Å². The monoisotopic (exact) mass is 278 g/mol. The molecule has 0 aromatic heterocycles. The average molecular weight is 278 g/mol. The van der Waals surface area contributed by atoms with Crippen LogP contribution in [0, 0.1) is 0 Å². The lowest BCUT2D eigenvalue weighted by Gasteiger charge is -2.32. The van der Waals surface area contributed by atoms with Crippen molar-refractivity contribution < 1.29 is 18.8 Å². The predicted octanol–water partition coefficient (Wildman–Crippen LogP) is 2.87. The first-order chi connectivity index (χ1) is 9.36. The van der Waals surface area contributed by atoms with Crippen LogP contribution in [0.25, 0.3) is 0 Å². The second kappa shape index (κ2) is 4.55. The molecule has 0 spiro atoms. The van der Waals surface area contributed by atoms with Gasteiger partial charge in [0.05, 0.1) is 11.2 Å². The van der Waals surface area contributed by atoms with E-state index in [1.807, 2.05) is 45.9 Å². The van der Waals surface area contributed by atoms with Crippen LogP contribution in [-0.4, -0.2) is 18.3 Å². The number of benzene rings is 1. The summed E-state index contributed by atoms with van der Waals surface area (Å²) in [4.78, 5) is 4.06. The van der Waals surface area contributed by atoms with Crippen molar-refractivity contribution in [3.8, 4) is 0 Å². The minimum absolute atomic E-state index is 0.366. The van der Waals surface area contributed by atoms with E-state index in [0.717, 1.165) is 23.0 Å². The van der Waals surface area contributed by atoms with E-state index in [1.165, 1.54) is 0 Å². The molecule has 3 nitrogen and oxygen atoms in total. The molecule has 20 heavy (non-hydrogen) atoms. The van der Waals surface area contributed by atoms with Gasteiger partial charge in [-0.1, -0.05) is 18.2 Å². The summed E-state index contributed by atoms with van der Waals surface area (Å²) in [6, 6.07) is 5.83. The quantitative estimate of drug-likeness (QED) is 0.778. The minimum Gasteiger partial charge on any atom is -0.399 e. The van der Waals surface area contributed by atoms with E-state index < -0.39 is 13.2 Å². The molecule has 2 aliphatic rings. The van der Waals surface area contributed by atoms with Gasteiger partial charge in [-0.2, -0.15) is 4.94 Å². The van der Waals surface area contributed by atoms with E-state index >= 15 is 0 Å². The van der Waals surface area contributed by atoms with Crippen LogP contribution in [0.2, 0.25) is 0 Å². The van der Waals surface area contributed by atoms with Crippen LogP contribution in [0.15, 0.2) is 18.2 Å². The van der Waals surface area contributed by atoms with Gasteiger partial charge < -0.3 is 9.31 Å². The van der Waals surface area contributed by atoms with Crippen molar-refractivity contribution in [2.75, 3.05) is 0 Å². The van der Waals surface area contributed by atoms with Crippen molar-refractivity contribution >= 4 is 12.6 Å². The smallest absolute Gasteiger partial charge is 0.399 e. The van der Waals surface area contributed by atoms with Gasteiger partial charge in [0.25, 0.3) is 0 Å². The molecule has 1 aromatic rings. The molecule has 1 aliphatic heterocycles. The Balaban J connectivity index is 1.96. The summed E-state index contributed by atoms with van der Waals surface area (Å²) in [6.07, 6.45) is 1.01. The second-order valence-corrected chi connectivity index (χ2v) is 6.62. The van der Waals surface area contributed by atoms with Crippen molar-refractivity contribution in [2.24, 2.45) is 0 Å². The van der Waals surface area contributed by atoms with Gasteiger partial charge >= 0.3 is 7.12 Å². The molecule has 0 radical (unpaired) electrons. The molecule has 0 N–H and O–H groups in total. The first-order valence-corrected chi connectivity index (χ1v) is 7.10. The van der Waals surface area contributed by atoms with Crippen LogP contribution in [0.4, 0.5) is 4.53 Å². The molecule has 0 saturated carbocycles. The Morgan fingerprint density at radius 2 is 1.85 bits per heavy atom. The zero-order valence-electron chi connectivity index (χ0n) is 12.4. The molecular weight excluding hydrogens is 258 g/mol. The zero-order chi connectivity index (χ0) is 14.5. The van der Waals surface area contributed by atoms with Crippen LogP contribution in [0.3, 0.4) is 0 Å². The third kappa shape index (κ3) is 2.00. The highest BCUT2D eigenvalue weighted by atomic mass is 19.3. The first-order valence-electron chi connectivity index (χ1n) is 7.10. The van der Waals surface area contributed by atoms with Crippen molar-refractivity contribution in [1.29, 1.82) is 0 Å². The lowest BCUT2D eigenvalue weighted by molar-refractivity contribution is -0.180. The van der Waals surface area contributed by atoms with E-state index in [1.54, 1.807) is 0 Å². The summed E-state index contributed by atoms with van der Waals surface area (Å²) in [6.45, 7) is 8.13. The molecular formula is C15H20BFO3. The molecule has 1 aromatic carbocycles.